The maximum atomic E-state index is 5.57. The summed E-state index contributed by atoms with van der Waals surface area (Å²) in [6, 6.07) is 0. The highest BCUT2D eigenvalue weighted by Crippen LogP contribution is 2.19. The third-order valence-corrected chi connectivity index (χ3v) is 3.53. The van der Waals surface area contributed by atoms with Crippen LogP contribution < -0.4 is 11.3 Å². The standard InChI is InChI=1S/C13H28N4O2/c1-4-19-9-5-7-15-13(16-14)17-8-6-11(2)12(10-17)18-3/h11-12H,4-10,14H2,1-3H3,(H,15,16). The van der Waals surface area contributed by atoms with Crippen molar-refractivity contribution in [2.75, 3.05) is 40.0 Å². The molecule has 1 aliphatic heterocycles. The lowest BCUT2D eigenvalue weighted by atomic mass is 9.96. The maximum absolute atomic E-state index is 5.57. The number of nitrogens with zero attached hydrogens (tertiary/aromatic N) is 2. The zero-order chi connectivity index (χ0) is 14.1. The molecule has 0 saturated carbocycles. The number of hydrogen-bond acceptors (Lipinski definition) is 4. The summed E-state index contributed by atoms with van der Waals surface area (Å²) in [5, 5.41) is 0. The van der Waals surface area contributed by atoms with Gasteiger partial charge in [0.2, 0.25) is 5.96 Å². The van der Waals surface area contributed by atoms with Crippen molar-refractivity contribution < 1.29 is 9.47 Å². The van der Waals surface area contributed by atoms with Gasteiger partial charge in [0.05, 0.1) is 6.10 Å². The van der Waals surface area contributed by atoms with Gasteiger partial charge in [-0.15, -0.1) is 0 Å². The highest BCUT2D eigenvalue weighted by Gasteiger charge is 2.27. The molecule has 0 aromatic rings. The van der Waals surface area contributed by atoms with E-state index in [1.807, 2.05) is 6.92 Å². The zero-order valence-electron chi connectivity index (χ0n) is 12.4. The predicted octanol–water partition coefficient (Wildman–Crippen LogP) is 0.589. The number of hydrazine groups is 1. The molecule has 0 aromatic carbocycles. The lowest BCUT2D eigenvalue weighted by Gasteiger charge is -2.37. The molecule has 0 spiro atoms. The third-order valence-electron chi connectivity index (χ3n) is 3.53. The normalized spacial score (nSPS) is 24.6. The van der Waals surface area contributed by atoms with E-state index in [1.165, 1.54) is 0 Å². The van der Waals surface area contributed by atoms with Crippen molar-refractivity contribution in [1.29, 1.82) is 0 Å². The van der Waals surface area contributed by atoms with Crippen LogP contribution in [0.4, 0.5) is 0 Å². The average molecular weight is 272 g/mol. The summed E-state index contributed by atoms with van der Waals surface area (Å²) in [7, 11) is 1.76. The van der Waals surface area contributed by atoms with Gasteiger partial charge in [-0.2, -0.15) is 0 Å². The molecule has 6 nitrogen and oxygen atoms in total. The van der Waals surface area contributed by atoms with E-state index in [1.54, 1.807) is 7.11 Å². The minimum absolute atomic E-state index is 0.246. The number of rotatable bonds is 6. The van der Waals surface area contributed by atoms with Crippen LogP contribution in [0.15, 0.2) is 4.99 Å². The smallest absolute Gasteiger partial charge is 0.208 e. The van der Waals surface area contributed by atoms with Gasteiger partial charge in [0, 0.05) is 40.0 Å². The maximum Gasteiger partial charge on any atom is 0.208 e. The fraction of sp³-hybridized carbons (Fsp3) is 0.923. The van der Waals surface area contributed by atoms with Crippen molar-refractivity contribution >= 4 is 5.96 Å². The van der Waals surface area contributed by atoms with E-state index in [2.05, 4.69) is 22.2 Å². The predicted molar refractivity (Wildman–Crippen MR) is 76.9 cm³/mol. The molecule has 0 radical (unpaired) electrons. The fourth-order valence-corrected chi connectivity index (χ4v) is 2.27. The topological polar surface area (TPSA) is 72.1 Å². The Kier molecular flexibility index (Phi) is 7.78. The summed E-state index contributed by atoms with van der Waals surface area (Å²) in [5.74, 6) is 6.91. The largest absolute Gasteiger partial charge is 0.382 e. The monoisotopic (exact) mass is 272 g/mol. The lowest BCUT2D eigenvalue weighted by Crippen LogP contribution is -2.52. The second-order valence-corrected chi connectivity index (χ2v) is 4.89. The van der Waals surface area contributed by atoms with E-state index < -0.39 is 0 Å². The molecule has 0 aromatic heterocycles. The highest BCUT2D eigenvalue weighted by molar-refractivity contribution is 5.79. The third kappa shape index (κ3) is 5.34. The van der Waals surface area contributed by atoms with E-state index in [4.69, 9.17) is 15.3 Å². The van der Waals surface area contributed by atoms with Crippen LogP contribution in [0, 0.1) is 5.92 Å². The first-order valence-electron chi connectivity index (χ1n) is 7.09. The highest BCUT2D eigenvalue weighted by atomic mass is 16.5. The van der Waals surface area contributed by atoms with Crippen molar-refractivity contribution in [2.45, 2.75) is 32.8 Å². The van der Waals surface area contributed by atoms with E-state index in [0.29, 0.717) is 5.92 Å². The lowest BCUT2D eigenvalue weighted by molar-refractivity contribution is 0.0139. The van der Waals surface area contributed by atoms with Gasteiger partial charge in [0.15, 0.2) is 0 Å². The second-order valence-electron chi connectivity index (χ2n) is 4.89. The van der Waals surface area contributed by atoms with E-state index in [9.17, 15) is 0 Å². The molecule has 6 heteroatoms. The molecule has 0 amide bonds. The van der Waals surface area contributed by atoms with E-state index >= 15 is 0 Å². The molecule has 2 unspecified atom stereocenters. The number of ether oxygens (including phenoxy) is 2. The molecule has 19 heavy (non-hydrogen) atoms. The SMILES string of the molecule is CCOCCCN=C(NN)N1CCC(C)C(OC)C1. The van der Waals surface area contributed by atoms with Crippen molar-refractivity contribution in [1.82, 2.24) is 10.3 Å². The van der Waals surface area contributed by atoms with Gasteiger partial charge < -0.3 is 14.4 Å². The molecule has 1 heterocycles. The molecule has 1 saturated heterocycles. The fourth-order valence-electron chi connectivity index (χ4n) is 2.27. The zero-order valence-corrected chi connectivity index (χ0v) is 12.4. The minimum Gasteiger partial charge on any atom is -0.382 e. The first-order chi connectivity index (χ1) is 9.22. The van der Waals surface area contributed by atoms with Crippen molar-refractivity contribution in [3.8, 4) is 0 Å². The molecule has 2 atom stereocenters. The van der Waals surface area contributed by atoms with Gasteiger partial charge in [-0.3, -0.25) is 10.4 Å². The van der Waals surface area contributed by atoms with Gasteiger partial charge in [-0.1, -0.05) is 6.92 Å². The molecule has 0 aliphatic carbocycles. The van der Waals surface area contributed by atoms with Crippen molar-refractivity contribution in [3.63, 3.8) is 0 Å². The van der Waals surface area contributed by atoms with Crippen LogP contribution in [-0.4, -0.2) is 56.9 Å². The van der Waals surface area contributed by atoms with Crippen LogP contribution in [-0.2, 0) is 9.47 Å². The van der Waals surface area contributed by atoms with Crippen molar-refractivity contribution in [2.24, 2.45) is 16.8 Å². The second kappa shape index (κ2) is 9.12. The summed E-state index contributed by atoms with van der Waals surface area (Å²) in [4.78, 5) is 6.66. The molecule has 1 aliphatic rings. The molecule has 1 fully saturated rings. The van der Waals surface area contributed by atoms with Crippen LogP contribution in [0.3, 0.4) is 0 Å². The summed E-state index contributed by atoms with van der Waals surface area (Å²) in [5.41, 5.74) is 2.70. The molecule has 0 bridgehead atoms. The first-order valence-corrected chi connectivity index (χ1v) is 7.09. The Morgan fingerprint density at radius 3 is 2.95 bits per heavy atom. The number of hydrogen-bond donors (Lipinski definition) is 2. The Balaban J connectivity index is 2.43. The minimum atomic E-state index is 0.246. The van der Waals surface area contributed by atoms with Gasteiger partial charge in [0.25, 0.3) is 0 Å². The van der Waals surface area contributed by atoms with Gasteiger partial charge in [0.1, 0.15) is 0 Å². The summed E-state index contributed by atoms with van der Waals surface area (Å²) >= 11 is 0. The Labute approximate surface area is 116 Å². The molecule has 1 rings (SSSR count). The molecular formula is C13H28N4O2. The molecular weight excluding hydrogens is 244 g/mol. The van der Waals surface area contributed by atoms with E-state index in [-0.39, 0.29) is 6.10 Å². The first kappa shape index (κ1) is 16.2. The quantitative estimate of drug-likeness (QED) is 0.243. The molecule has 3 N–H and O–H groups in total. The Morgan fingerprint density at radius 1 is 1.53 bits per heavy atom. The van der Waals surface area contributed by atoms with Crippen LogP contribution in [0.1, 0.15) is 26.7 Å². The average Bonchev–Trinajstić information content (AvgIpc) is 2.44. The van der Waals surface area contributed by atoms with Gasteiger partial charge >= 0.3 is 0 Å². The summed E-state index contributed by atoms with van der Waals surface area (Å²) in [6.45, 7) is 8.25. The number of aliphatic imine (C=N–C) groups is 1. The summed E-state index contributed by atoms with van der Waals surface area (Å²) < 4.78 is 10.8. The number of nitrogens with one attached hydrogen (secondary N) is 1. The Bertz CT molecular complexity index is 273. The van der Waals surface area contributed by atoms with Crippen LogP contribution in [0.5, 0.6) is 0 Å². The number of guanidine groups is 1. The van der Waals surface area contributed by atoms with E-state index in [0.717, 1.165) is 51.6 Å². The molecule has 112 valence electrons. The number of nitrogens with two attached hydrogens (primary N) is 1. The number of methoxy groups -OCH3 is 1. The van der Waals surface area contributed by atoms with Crippen molar-refractivity contribution in [3.05, 3.63) is 0 Å². The Morgan fingerprint density at radius 2 is 2.32 bits per heavy atom. The van der Waals surface area contributed by atoms with Crippen LogP contribution in [0.25, 0.3) is 0 Å². The Hall–Kier alpha value is -0.850. The number of likely N-dealkylation sites (tertiary alicyclic amines) is 1. The van der Waals surface area contributed by atoms with Crippen LogP contribution >= 0.6 is 0 Å². The summed E-state index contributed by atoms with van der Waals surface area (Å²) in [6.07, 6.45) is 2.26. The van der Waals surface area contributed by atoms with Gasteiger partial charge in [-0.25, -0.2) is 5.84 Å². The van der Waals surface area contributed by atoms with Crippen LogP contribution in [0.2, 0.25) is 0 Å². The van der Waals surface area contributed by atoms with Gasteiger partial charge in [-0.05, 0) is 25.7 Å². The number of piperidine rings is 1.